The number of aliphatic imine (C=N–C) groups is 1. The highest BCUT2D eigenvalue weighted by molar-refractivity contribution is 14.0. The smallest absolute Gasteiger partial charge is 0.191 e. The van der Waals surface area contributed by atoms with Crippen LogP contribution in [-0.2, 0) is 11.8 Å². The Balaban J connectivity index is 0.00000243. The zero-order valence-electron chi connectivity index (χ0n) is 15.4. The lowest BCUT2D eigenvalue weighted by molar-refractivity contribution is 0.0243. The minimum atomic E-state index is -0.0945. The van der Waals surface area contributed by atoms with Gasteiger partial charge in [-0.2, -0.15) is 5.10 Å². The number of anilines is 1. The van der Waals surface area contributed by atoms with Gasteiger partial charge in [0.25, 0.3) is 0 Å². The lowest BCUT2D eigenvalue weighted by Gasteiger charge is -2.24. The molecule has 10 heteroatoms. The molecule has 3 N–H and O–H groups in total. The fourth-order valence-corrected chi connectivity index (χ4v) is 2.93. The Kier molecular flexibility index (Phi) is 7.38. The average molecular weight is 474 g/mol. The van der Waals surface area contributed by atoms with Gasteiger partial charge in [-0.05, 0) is 19.8 Å². The molecule has 9 nitrogen and oxygen atoms in total. The summed E-state index contributed by atoms with van der Waals surface area (Å²) in [4.78, 5) is 12.8. The molecule has 0 amide bonds. The van der Waals surface area contributed by atoms with E-state index in [1.807, 2.05) is 7.05 Å². The van der Waals surface area contributed by atoms with Gasteiger partial charge >= 0.3 is 0 Å². The second-order valence-corrected chi connectivity index (χ2v) is 6.41. The Bertz CT molecular complexity index is 741. The molecule has 2 aromatic rings. The third kappa shape index (κ3) is 4.93. The first-order chi connectivity index (χ1) is 12.1. The number of rotatable bonds is 6. The summed E-state index contributed by atoms with van der Waals surface area (Å²) >= 11 is 0. The van der Waals surface area contributed by atoms with Crippen molar-refractivity contribution in [2.45, 2.75) is 25.4 Å². The van der Waals surface area contributed by atoms with E-state index in [0.29, 0.717) is 13.1 Å². The van der Waals surface area contributed by atoms with E-state index in [0.717, 1.165) is 48.8 Å². The van der Waals surface area contributed by atoms with E-state index in [1.165, 1.54) is 0 Å². The Hall–Kier alpha value is -1.69. The van der Waals surface area contributed by atoms with Crippen LogP contribution in [0.25, 0.3) is 11.0 Å². The standard InChI is InChI=1S/C16H26N8O.HI/c1-16(5-4-8-25-16)10-20-15(17-2)19-7-6-18-13-12-9-23-24(3)14(12)22-11-21-13;/h9,11H,4-8,10H2,1-3H3,(H2,17,19,20)(H,18,21,22);1H. The summed E-state index contributed by atoms with van der Waals surface area (Å²) in [6.45, 7) is 5.15. The van der Waals surface area contributed by atoms with Gasteiger partial charge in [0.2, 0.25) is 0 Å². The molecule has 0 bridgehead atoms. The first-order valence-electron chi connectivity index (χ1n) is 8.56. The van der Waals surface area contributed by atoms with E-state index < -0.39 is 0 Å². The summed E-state index contributed by atoms with van der Waals surface area (Å²) in [5.41, 5.74) is 0.718. The Morgan fingerprint density at radius 1 is 1.35 bits per heavy atom. The van der Waals surface area contributed by atoms with E-state index in [2.05, 4.69) is 42.9 Å². The number of aryl methyl sites for hydroxylation is 1. The van der Waals surface area contributed by atoms with Crippen LogP contribution in [0.5, 0.6) is 0 Å². The number of hydrogen-bond donors (Lipinski definition) is 3. The topological polar surface area (TPSA) is 101 Å². The molecule has 0 radical (unpaired) electrons. The van der Waals surface area contributed by atoms with E-state index in [1.54, 1.807) is 24.3 Å². The minimum absolute atomic E-state index is 0. The zero-order valence-corrected chi connectivity index (χ0v) is 17.8. The summed E-state index contributed by atoms with van der Waals surface area (Å²) in [6.07, 6.45) is 5.51. The monoisotopic (exact) mass is 474 g/mol. The Morgan fingerprint density at radius 3 is 2.92 bits per heavy atom. The van der Waals surface area contributed by atoms with Crippen LogP contribution in [0.2, 0.25) is 0 Å². The molecule has 3 heterocycles. The molecule has 0 aliphatic carbocycles. The van der Waals surface area contributed by atoms with E-state index in [-0.39, 0.29) is 29.6 Å². The molecule has 1 atom stereocenters. The first kappa shape index (κ1) is 20.6. The normalized spacial score (nSPS) is 20.0. The number of halogens is 1. The van der Waals surface area contributed by atoms with Gasteiger partial charge in [-0.15, -0.1) is 24.0 Å². The second kappa shape index (κ2) is 9.31. The maximum absolute atomic E-state index is 5.78. The maximum Gasteiger partial charge on any atom is 0.191 e. The van der Waals surface area contributed by atoms with Crippen molar-refractivity contribution < 1.29 is 4.74 Å². The van der Waals surface area contributed by atoms with Crippen molar-refractivity contribution in [3.8, 4) is 0 Å². The van der Waals surface area contributed by atoms with Crippen molar-refractivity contribution in [1.29, 1.82) is 0 Å². The predicted octanol–water partition coefficient (Wildman–Crippen LogP) is 1.13. The number of nitrogens with one attached hydrogen (secondary N) is 3. The highest BCUT2D eigenvalue weighted by atomic mass is 127. The number of guanidine groups is 1. The molecule has 1 aliphatic heterocycles. The lowest BCUT2D eigenvalue weighted by Crippen LogP contribution is -2.46. The van der Waals surface area contributed by atoms with Crippen LogP contribution in [0.1, 0.15) is 19.8 Å². The predicted molar refractivity (Wildman–Crippen MR) is 113 cm³/mol. The number of nitrogens with zero attached hydrogens (tertiary/aromatic N) is 5. The van der Waals surface area contributed by atoms with Crippen LogP contribution in [0, 0.1) is 0 Å². The summed E-state index contributed by atoms with van der Waals surface area (Å²) in [5.74, 6) is 1.56. The summed E-state index contributed by atoms with van der Waals surface area (Å²) < 4.78 is 7.52. The summed E-state index contributed by atoms with van der Waals surface area (Å²) in [6, 6.07) is 0. The maximum atomic E-state index is 5.78. The van der Waals surface area contributed by atoms with Gasteiger partial charge in [0.15, 0.2) is 11.6 Å². The van der Waals surface area contributed by atoms with Crippen molar-refractivity contribution >= 4 is 46.8 Å². The van der Waals surface area contributed by atoms with Crippen LogP contribution in [-0.4, -0.2) is 64.6 Å². The summed E-state index contributed by atoms with van der Waals surface area (Å²) in [7, 11) is 3.63. The highest BCUT2D eigenvalue weighted by Crippen LogP contribution is 2.23. The van der Waals surface area contributed by atoms with Gasteiger partial charge in [0.05, 0.1) is 17.2 Å². The molecular formula is C16H27IN8O. The van der Waals surface area contributed by atoms with Gasteiger partial charge in [-0.1, -0.05) is 0 Å². The lowest BCUT2D eigenvalue weighted by atomic mass is 10.0. The van der Waals surface area contributed by atoms with Crippen LogP contribution in [0.15, 0.2) is 17.5 Å². The third-order valence-electron chi connectivity index (χ3n) is 4.39. The molecule has 26 heavy (non-hydrogen) atoms. The molecule has 0 spiro atoms. The number of hydrogen-bond acceptors (Lipinski definition) is 6. The van der Waals surface area contributed by atoms with Crippen molar-refractivity contribution in [3.05, 3.63) is 12.5 Å². The van der Waals surface area contributed by atoms with Crippen molar-refractivity contribution in [2.24, 2.45) is 12.0 Å². The average Bonchev–Trinajstić information content (AvgIpc) is 3.22. The van der Waals surface area contributed by atoms with Crippen LogP contribution in [0.3, 0.4) is 0 Å². The molecule has 1 saturated heterocycles. The Labute approximate surface area is 170 Å². The number of ether oxygens (including phenoxy) is 1. The first-order valence-corrected chi connectivity index (χ1v) is 8.56. The minimum Gasteiger partial charge on any atom is -0.373 e. The Morgan fingerprint density at radius 2 is 2.19 bits per heavy atom. The molecule has 0 saturated carbocycles. The number of fused-ring (bicyclic) bond motifs is 1. The van der Waals surface area contributed by atoms with Crippen LogP contribution >= 0.6 is 24.0 Å². The van der Waals surface area contributed by atoms with Crippen molar-refractivity contribution in [3.63, 3.8) is 0 Å². The van der Waals surface area contributed by atoms with Gasteiger partial charge in [0, 0.05) is 40.3 Å². The van der Waals surface area contributed by atoms with Crippen molar-refractivity contribution in [1.82, 2.24) is 30.4 Å². The van der Waals surface area contributed by atoms with E-state index >= 15 is 0 Å². The molecule has 0 aromatic carbocycles. The van der Waals surface area contributed by atoms with E-state index in [9.17, 15) is 0 Å². The number of aromatic nitrogens is 4. The van der Waals surface area contributed by atoms with Gasteiger partial charge in [-0.25, -0.2) is 9.97 Å². The van der Waals surface area contributed by atoms with Crippen molar-refractivity contribution in [2.75, 3.05) is 38.6 Å². The molecule has 3 rings (SSSR count). The molecule has 2 aromatic heterocycles. The third-order valence-corrected chi connectivity index (χ3v) is 4.39. The van der Waals surface area contributed by atoms with Gasteiger partial charge in [-0.3, -0.25) is 9.67 Å². The fraction of sp³-hybridized carbons (Fsp3) is 0.625. The quantitative estimate of drug-likeness (QED) is 0.250. The van der Waals surface area contributed by atoms with Gasteiger partial charge in [0.1, 0.15) is 12.1 Å². The SMILES string of the molecule is CN=C(NCCNc1ncnc2c1cnn2C)NCC1(C)CCCO1.I. The van der Waals surface area contributed by atoms with Crippen LogP contribution < -0.4 is 16.0 Å². The van der Waals surface area contributed by atoms with E-state index in [4.69, 9.17) is 4.74 Å². The molecule has 144 valence electrons. The fourth-order valence-electron chi connectivity index (χ4n) is 2.93. The molecule has 1 fully saturated rings. The van der Waals surface area contributed by atoms with Gasteiger partial charge < -0.3 is 20.7 Å². The second-order valence-electron chi connectivity index (χ2n) is 6.41. The van der Waals surface area contributed by atoms with Crippen LogP contribution in [0.4, 0.5) is 5.82 Å². The largest absolute Gasteiger partial charge is 0.373 e. The molecular weight excluding hydrogens is 447 g/mol. The highest BCUT2D eigenvalue weighted by Gasteiger charge is 2.29. The zero-order chi connectivity index (χ0) is 17.7. The summed E-state index contributed by atoms with van der Waals surface area (Å²) in [5, 5.41) is 15.1. The molecule has 1 aliphatic rings. The molecule has 1 unspecified atom stereocenters.